The highest BCUT2D eigenvalue weighted by Gasteiger charge is 2.38. The third kappa shape index (κ3) is 5.48. The molecule has 0 radical (unpaired) electrons. The first-order valence-corrected chi connectivity index (χ1v) is 11.8. The molecule has 170 valence electrons. The van der Waals surface area contributed by atoms with Crippen LogP contribution in [0.2, 0.25) is 0 Å². The van der Waals surface area contributed by atoms with E-state index in [1.807, 2.05) is 32.1 Å². The van der Waals surface area contributed by atoms with E-state index in [-0.39, 0.29) is 12.0 Å². The van der Waals surface area contributed by atoms with Crippen LogP contribution in [0.15, 0.2) is 17.5 Å². The lowest BCUT2D eigenvalue weighted by Gasteiger charge is -2.35. The first kappa shape index (κ1) is 23.7. The maximum atomic E-state index is 12.8. The van der Waals surface area contributed by atoms with E-state index in [4.69, 9.17) is 11.5 Å². The van der Waals surface area contributed by atoms with E-state index < -0.39 is 22.8 Å². The Morgan fingerprint density at radius 3 is 2.23 bits per heavy atom. The maximum absolute atomic E-state index is 12.8. The normalized spacial score (nSPS) is 21.4. The molecule has 31 heavy (non-hydrogen) atoms. The Morgan fingerprint density at radius 1 is 1.16 bits per heavy atom. The lowest BCUT2D eigenvalue weighted by atomic mass is 9.89. The molecule has 1 aromatic rings. The Balaban J connectivity index is 1.66. The van der Waals surface area contributed by atoms with Crippen molar-refractivity contribution >= 4 is 29.3 Å². The number of nitrogens with two attached hydrogens (primary N) is 2. The third-order valence-corrected chi connectivity index (χ3v) is 7.55. The van der Waals surface area contributed by atoms with E-state index in [1.54, 1.807) is 14.6 Å². The molecule has 2 heterocycles. The molecule has 9 heteroatoms. The number of aliphatic hydroxyl groups is 1. The van der Waals surface area contributed by atoms with Gasteiger partial charge < -0.3 is 26.0 Å². The molecule has 0 bridgehead atoms. The molecule has 0 saturated carbocycles. The van der Waals surface area contributed by atoms with Crippen molar-refractivity contribution in [1.82, 2.24) is 9.21 Å². The summed E-state index contributed by atoms with van der Waals surface area (Å²) in [5.74, 6) is -0.541. The molecular formula is C22H32N4O4S. The minimum absolute atomic E-state index is 0.0229. The fourth-order valence-corrected chi connectivity index (χ4v) is 5.10. The predicted molar refractivity (Wildman–Crippen MR) is 121 cm³/mol. The number of nitrogens with zero attached hydrogens (tertiary/aromatic N) is 2. The van der Waals surface area contributed by atoms with Crippen molar-refractivity contribution in [2.75, 3.05) is 26.2 Å². The first-order chi connectivity index (χ1) is 14.6. The van der Waals surface area contributed by atoms with Gasteiger partial charge in [-0.05, 0) is 74.4 Å². The van der Waals surface area contributed by atoms with Gasteiger partial charge in [0.15, 0.2) is 0 Å². The van der Waals surface area contributed by atoms with Crippen molar-refractivity contribution in [3.8, 4) is 0 Å². The second-order valence-electron chi connectivity index (χ2n) is 8.58. The molecule has 0 spiro atoms. The van der Waals surface area contributed by atoms with Crippen molar-refractivity contribution in [2.24, 2.45) is 11.5 Å². The Hall–Kier alpha value is -1.91. The highest BCUT2D eigenvalue weighted by Crippen LogP contribution is 2.24. The Morgan fingerprint density at radius 2 is 1.71 bits per heavy atom. The molecule has 5 N–H and O–H groups in total. The van der Waals surface area contributed by atoms with Crippen molar-refractivity contribution < 1.29 is 19.2 Å². The standard InChI is InChI=1S/C22H32N4O4S/c1-15-13-17(20(28)25-8-3-18(27)4-9-25)14-16(2)19(15)5-12-31(30)26-10-6-22(24,7-11-26)21(23)29/h5,12-14,18,27H,3-4,6-11,24H2,1-2H3,(H2,23,29)/b12-5+/t31-/m0/s1. The Labute approximate surface area is 186 Å². The summed E-state index contributed by atoms with van der Waals surface area (Å²) in [4.78, 5) is 26.1. The zero-order chi connectivity index (χ0) is 22.8. The van der Waals surface area contributed by atoms with Crippen LogP contribution >= 0.6 is 0 Å². The molecule has 2 fully saturated rings. The number of carbonyl (C=O) groups excluding carboxylic acids is 2. The fraction of sp³-hybridized carbons (Fsp3) is 0.545. The number of piperidine rings is 2. The molecule has 2 aliphatic heterocycles. The minimum Gasteiger partial charge on any atom is -0.593 e. The van der Waals surface area contributed by atoms with Crippen LogP contribution in [-0.2, 0) is 16.2 Å². The summed E-state index contributed by atoms with van der Waals surface area (Å²) in [6.07, 6.45) is 3.48. The van der Waals surface area contributed by atoms with Crippen LogP contribution in [0.1, 0.15) is 52.7 Å². The van der Waals surface area contributed by atoms with Gasteiger partial charge in [-0.3, -0.25) is 9.59 Å². The SMILES string of the molecule is Cc1cc(C(=O)N2CCC(O)CC2)cc(C)c1/C=C/[S@+]([O-])N1CCC(N)(C(N)=O)CC1. The molecule has 1 aromatic carbocycles. The van der Waals surface area contributed by atoms with E-state index >= 15 is 0 Å². The van der Waals surface area contributed by atoms with Gasteiger partial charge in [0, 0.05) is 31.7 Å². The van der Waals surface area contributed by atoms with Crippen molar-refractivity contribution in [2.45, 2.75) is 51.2 Å². The molecule has 8 nitrogen and oxygen atoms in total. The summed E-state index contributed by atoms with van der Waals surface area (Å²) in [7, 11) is 0. The van der Waals surface area contributed by atoms with E-state index in [0.29, 0.717) is 57.4 Å². The summed E-state index contributed by atoms with van der Waals surface area (Å²) in [6.45, 7) is 5.87. The van der Waals surface area contributed by atoms with Crippen LogP contribution in [-0.4, -0.2) is 68.5 Å². The van der Waals surface area contributed by atoms with E-state index in [2.05, 4.69) is 0 Å². The number of primary amides is 1. The van der Waals surface area contributed by atoms with Crippen molar-refractivity contribution in [3.63, 3.8) is 0 Å². The van der Waals surface area contributed by atoms with Gasteiger partial charge >= 0.3 is 0 Å². The van der Waals surface area contributed by atoms with Crippen LogP contribution < -0.4 is 11.5 Å². The molecule has 2 amide bonds. The molecule has 0 aromatic heterocycles. The summed E-state index contributed by atoms with van der Waals surface area (Å²) in [5.41, 5.74) is 13.8. The van der Waals surface area contributed by atoms with Crippen LogP contribution in [0.3, 0.4) is 0 Å². The number of hydrogen-bond acceptors (Lipinski definition) is 6. The second-order valence-corrected chi connectivity index (χ2v) is 9.92. The molecule has 2 saturated heterocycles. The Kier molecular flexibility index (Phi) is 7.43. The highest BCUT2D eigenvalue weighted by atomic mass is 32.2. The molecule has 2 aliphatic rings. The number of amides is 2. The van der Waals surface area contributed by atoms with Gasteiger partial charge in [-0.15, -0.1) is 4.31 Å². The average Bonchev–Trinajstić information content (AvgIpc) is 2.73. The summed E-state index contributed by atoms with van der Waals surface area (Å²) >= 11 is -1.35. The quantitative estimate of drug-likeness (QED) is 0.571. The zero-order valence-electron chi connectivity index (χ0n) is 18.2. The van der Waals surface area contributed by atoms with Gasteiger partial charge in [-0.1, -0.05) is 0 Å². The van der Waals surface area contributed by atoms with Gasteiger partial charge in [0.2, 0.25) is 5.91 Å². The lowest BCUT2D eigenvalue weighted by Crippen LogP contribution is -2.58. The number of aliphatic hydroxyl groups excluding tert-OH is 1. The number of aryl methyl sites for hydroxylation is 2. The topological polar surface area (TPSA) is 136 Å². The number of likely N-dealkylation sites (tertiary alicyclic amines) is 1. The Bertz CT molecular complexity index is 836. The molecule has 1 atom stereocenters. The van der Waals surface area contributed by atoms with E-state index in [0.717, 1.165) is 16.7 Å². The number of hydrogen-bond donors (Lipinski definition) is 3. The van der Waals surface area contributed by atoms with Crippen LogP contribution in [0.4, 0.5) is 0 Å². The molecule has 3 rings (SSSR count). The fourth-order valence-electron chi connectivity index (χ4n) is 4.14. The average molecular weight is 449 g/mol. The highest BCUT2D eigenvalue weighted by molar-refractivity contribution is 7.92. The predicted octanol–water partition coefficient (Wildman–Crippen LogP) is 0.813. The third-order valence-electron chi connectivity index (χ3n) is 6.30. The summed E-state index contributed by atoms with van der Waals surface area (Å²) in [6, 6.07) is 3.72. The first-order valence-electron chi connectivity index (χ1n) is 10.6. The van der Waals surface area contributed by atoms with Crippen LogP contribution in [0.25, 0.3) is 6.08 Å². The van der Waals surface area contributed by atoms with Gasteiger partial charge in [0.1, 0.15) is 5.41 Å². The van der Waals surface area contributed by atoms with Crippen molar-refractivity contribution in [3.05, 3.63) is 39.8 Å². The van der Waals surface area contributed by atoms with Gasteiger partial charge in [-0.25, -0.2) is 0 Å². The van der Waals surface area contributed by atoms with E-state index in [9.17, 15) is 19.2 Å². The van der Waals surface area contributed by atoms with Gasteiger partial charge in [0.25, 0.3) is 5.91 Å². The zero-order valence-corrected chi connectivity index (χ0v) is 19.0. The van der Waals surface area contributed by atoms with Crippen molar-refractivity contribution in [1.29, 1.82) is 0 Å². The second kappa shape index (κ2) is 9.70. The van der Waals surface area contributed by atoms with Crippen LogP contribution in [0, 0.1) is 13.8 Å². The molecular weight excluding hydrogens is 416 g/mol. The summed E-state index contributed by atoms with van der Waals surface area (Å²) < 4.78 is 14.5. The summed E-state index contributed by atoms with van der Waals surface area (Å²) in [5, 5.41) is 11.3. The smallest absolute Gasteiger partial charge is 0.253 e. The number of rotatable bonds is 5. The molecule has 0 unspecified atom stereocenters. The lowest BCUT2D eigenvalue weighted by molar-refractivity contribution is -0.124. The number of carbonyl (C=O) groups is 2. The van der Waals surface area contributed by atoms with E-state index in [1.165, 1.54) is 0 Å². The maximum Gasteiger partial charge on any atom is 0.253 e. The molecule has 0 aliphatic carbocycles. The monoisotopic (exact) mass is 448 g/mol. The van der Waals surface area contributed by atoms with Crippen LogP contribution in [0.5, 0.6) is 0 Å². The number of benzene rings is 1. The minimum atomic E-state index is -1.35. The largest absolute Gasteiger partial charge is 0.593 e. The van der Waals surface area contributed by atoms with Gasteiger partial charge in [-0.2, -0.15) is 0 Å². The van der Waals surface area contributed by atoms with Gasteiger partial charge in [0.05, 0.1) is 23.0 Å².